The molecular formula is C14H21N3O3. The zero-order valence-corrected chi connectivity index (χ0v) is 12.1. The maximum atomic E-state index is 11.2. The van der Waals surface area contributed by atoms with Crippen molar-refractivity contribution in [3.8, 4) is 0 Å². The van der Waals surface area contributed by atoms with Gasteiger partial charge < -0.3 is 14.9 Å². The summed E-state index contributed by atoms with van der Waals surface area (Å²) in [4.78, 5) is 14.9. The van der Waals surface area contributed by atoms with Crippen molar-refractivity contribution in [2.45, 2.75) is 25.5 Å². The fraction of sp³-hybridized carbons (Fsp3) is 0.571. The molecule has 1 saturated heterocycles. The van der Waals surface area contributed by atoms with Gasteiger partial charge in [0.25, 0.3) is 5.69 Å². The van der Waals surface area contributed by atoms with E-state index in [1.807, 2.05) is 36.9 Å². The molecule has 20 heavy (non-hydrogen) atoms. The first-order chi connectivity index (χ1) is 9.38. The van der Waals surface area contributed by atoms with E-state index in [2.05, 4.69) is 0 Å². The fourth-order valence-corrected chi connectivity index (χ4v) is 2.80. The molecule has 1 N–H and O–H groups in total. The van der Waals surface area contributed by atoms with Crippen LogP contribution in [0, 0.1) is 17.0 Å². The number of nitro groups is 1. The third-order valence-corrected chi connectivity index (χ3v) is 3.61. The highest BCUT2D eigenvalue weighted by molar-refractivity contribution is 5.65. The number of anilines is 1. The van der Waals surface area contributed by atoms with Gasteiger partial charge in [0.1, 0.15) is 5.69 Å². The van der Waals surface area contributed by atoms with Crippen LogP contribution in [0.2, 0.25) is 0 Å². The van der Waals surface area contributed by atoms with Gasteiger partial charge in [-0.2, -0.15) is 0 Å². The number of nitrogens with zero attached hydrogens (tertiary/aromatic N) is 3. The van der Waals surface area contributed by atoms with E-state index in [4.69, 9.17) is 0 Å². The molecule has 1 aromatic carbocycles. The second-order valence-corrected chi connectivity index (χ2v) is 5.71. The lowest BCUT2D eigenvalue weighted by Crippen LogP contribution is -2.37. The Morgan fingerprint density at radius 2 is 2.20 bits per heavy atom. The van der Waals surface area contributed by atoms with Gasteiger partial charge in [0.15, 0.2) is 0 Å². The van der Waals surface area contributed by atoms with E-state index in [0.29, 0.717) is 18.7 Å². The number of likely N-dealkylation sites (N-methyl/N-ethyl adjacent to an activating group) is 1. The van der Waals surface area contributed by atoms with Crippen LogP contribution in [0.15, 0.2) is 18.2 Å². The number of β-amino-alcohol motifs (C(OH)–C–C–N with tert-alkyl or cyclic N) is 1. The number of hydrogen-bond acceptors (Lipinski definition) is 5. The number of nitro benzene ring substituents is 1. The molecule has 0 spiro atoms. The Morgan fingerprint density at radius 3 is 2.80 bits per heavy atom. The Kier molecular flexibility index (Phi) is 4.25. The zero-order valence-electron chi connectivity index (χ0n) is 12.1. The Bertz CT molecular complexity index is 504. The van der Waals surface area contributed by atoms with Crippen LogP contribution in [0.5, 0.6) is 0 Å². The molecule has 2 atom stereocenters. The summed E-state index contributed by atoms with van der Waals surface area (Å²) in [7, 11) is 3.93. The molecule has 0 amide bonds. The van der Waals surface area contributed by atoms with Crippen LogP contribution in [0.3, 0.4) is 0 Å². The van der Waals surface area contributed by atoms with Crippen LogP contribution < -0.4 is 4.90 Å². The summed E-state index contributed by atoms with van der Waals surface area (Å²) >= 11 is 0. The van der Waals surface area contributed by atoms with E-state index in [9.17, 15) is 15.2 Å². The largest absolute Gasteiger partial charge is 0.391 e. The molecule has 1 heterocycles. The van der Waals surface area contributed by atoms with Gasteiger partial charge in [-0.1, -0.05) is 6.07 Å². The molecule has 0 saturated carbocycles. The standard InChI is InChI=1S/C14H21N3O3/c1-10-4-5-13(17(19)20)14(6-10)16-9-12(18)7-11(16)8-15(2)3/h4-6,11-12,18H,7-9H2,1-3H3. The first-order valence-electron chi connectivity index (χ1n) is 6.73. The summed E-state index contributed by atoms with van der Waals surface area (Å²) < 4.78 is 0. The van der Waals surface area contributed by atoms with Crippen LogP contribution in [0.1, 0.15) is 12.0 Å². The van der Waals surface area contributed by atoms with E-state index in [-0.39, 0.29) is 16.7 Å². The van der Waals surface area contributed by atoms with Crippen LogP contribution in [0.25, 0.3) is 0 Å². The van der Waals surface area contributed by atoms with Gasteiger partial charge in [-0.05, 0) is 39.1 Å². The topological polar surface area (TPSA) is 69.8 Å². The van der Waals surface area contributed by atoms with Crippen LogP contribution in [0.4, 0.5) is 11.4 Å². The highest BCUT2D eigenvalue weighted by Gasteiger charge is 2.34. The first-order valence-corrected chi connectivity index (χ1v) is 6.73. The zero-order chi connectivity index (χ0) is 14.9. The quantitative estimate of drug-likeness (QED) is 0.666. The molecule has 6 heteroatoms. The predicted molar refractivity (Wildman–Crippen MR) is 78.1 cm³/mol. The van der Waals surface area contributed by atoms with Gasteiger partial charge in [0.05, 0.1) is 11.0 Å². The molecule has 1 aromatic rings. The molecule has 1 aliphatic rings. The molecule has 1 aliphatic heterocycles. The van der Waals surface area contributed by atoms with Crippen molar-refractivity contribution in [3.05, 3.63) is 33.9 Å². The monoisotopic (exact) mass is 279 g/mol. The maximum absolute atomic E-state index is 11.2. The Hall–Kier alpha value is -1.66. The number of hydrogen-bond donors (Lipinski definition) is 1. The lowest BCUT2D eigenvalue weighted by Gasteiger charge is -2.28. The molecule has 0 aliphatic carbocycles. The predicted octanol–water partition coefficient (Wildman–Crippen LogP) is 1.40. The molecular weight excluding hydrogens is 258 g/mol. The first kappa shape index (κ1) is 14.7. The van der Waals surface area contributed by atoms with Crippen molar-refractivity contribution in [2.75, 3.05) is 32.1 Å². The Balaban J connectivity index is 2.37. The van der Waals surface area contributed by atoms with Crippen molar-refractivity contribution in [2.24, 2.45) is 0 Å². The molecule has 1 fully saturated rings. The minimum atomic E-state index is -0.430. The van der Waals surface area contributed by atoms with E-state index >= 15 is 0 Å². The third-order valence-electron chi connectivity index (χ3n) is 3.61. The summed E-state index contributed by atoms with van der Waals surface area (Å²) in [6, 6.07) is 5.22. The third kappa shape index (κ3) is 3.08. The normalized spacial score (nSPS) is 22.6. The number of aliphatic hydroxyl groups excluding tert-OH is 1. The van der Waals surface area contributed by atoms with E-state index < -0.39 is 6.10 Å². The minimum absolute atomic E-state index is 0.0977. The minimum Gasteiger partial charge on any atom is -0.391 e. The summed E-state index contributed by atoms with van der Waals surface area (Å²) in [6.07, 6.45) is 0.212. The molecule has 2 rings (SSSR count). The van der Waals surface area contributed by atoms with Gasteiger partial charge in [-0.3, -0.25) is 10.1 Å². The van der Waals surface area contributed by atoms with Crippen molar-refractivity contribution >= 4 is 11.4 Å². The summed E-state index contributed by atoms with van der Waals surface area (Å²) in [5.41, 5.74) is 1.70. The lowest BCUT2D eigenvalue weighted by molar-refractivity contribution is -0.384. The van der Waals surface area contributed by atoms with Gasteiger partial charge in [0.2, 0.25) is 0 Å². The van der Waals surface area contributed by atoms with Crippen molar-refractivity contribution < 1.29 is 10.0 Å². The van der Waals surface area contributed by atoms with E-state index in [1.54, 1.807) is 12.1 Å². The highest BCUT2D eigenvalue weighted by atomic mass is 16.6. The Morgan fingerprint density at radius 1 is 1.50 bits per heavy atom. The molecule has 110 valence electrons. The molecule has 6 nitrogen and oxygen atoms in total. The number of aliphatic hydroxyl groups is 1. The molecule has 0 aromatic heterocycles. The van der Waals surface area contributed by atoms with Crippen LogP contribution >= 0.6 is 0 Å². The Labute approximate surface area is 118 Å². The van der Waals surface area contributed by atoms with Crippen LogP contribution in [-0.2, 0) is 0 Å². The number of benzene rings is 1. The second kappa shape index (κ2) is 5.76. The molecule has 2 unspecified atom stereocenters. The molecule has 0 bridgehead atoms. The number of rotatable bonds is 4. The van der Waals surface area contributed by atoms with Gasteiger partial charge in [0, 0.05) is 25.2 Å². The summed E-state index contributed by atoms with van der Waals surface area (Å²) in [6.45, 7) is 3.13. The summed E-state index contributed by atoms with van der Waals surface area (Å²) in [5, 5.41) is 21.1. The SMILES string of the molecule is Cc1ccc([N+](=O)[O-])c(N2CC(O)CC2CN(C)C)c1. The summed E-state index contributed by atoms with van der Waals surface area (Å²) in [5.74, 6) is 0. The van der Waals surface area contributed by atoms with Crippen molar-refractivity contribution in [3.63, 3.8) is 0 Å². The van der Waals surface area contributed by atoms with E-state index in [0.717, 1.165) is 12.1 Å². The van der Waals surface area contributed by atoms with Gasteiger partial charge in [-0.15, -0.1) is 0 Å². The van der Waals surface area contributed by atoms with Crippen molar-refractivity contribution in [1.82, 2.24) is 4.90 Å². The second-order valence-electron chi connectivity index (χ2n) is 5.71. The van der Waals surface area contributed by atoms with Crippen molar-refractivity contribution in [1.29, 1.82) is 0 Å². The highest BCUT2D eigenvalue weighted by Crippen LogP contribution is 2.34. The van der Waals surface area contributed by atoms with E-state index in [1.165, 1.54) is 0 Å². The van der Waals surface area contributed by atoms with Gasteiger partial charge >= 0.3 is 0 Å². The van der Waals surface area contributed by atoms with Crippen LogP contribution in [-0.4, -0.2) is 54.3 Å². The number of aryl methyl sites for hydroxylation is 1. The lowest BCUT2D eigenvalue weighted by atomic mass is 10.1. The fourth-order valence-electron chi connectivity index (χ4n) is 2.80. The molecule has 0 radical (unpaired) electrons. The van der Waals surface area contributed by atoms with Gasteiger partial charge in [-0.25, -0.2) is 0 Å². The average molecular weight is 279 g/mol. The average Bonchev–Trinajstić information content (AvgIpc) is 2.68. The smallest absolute Gasteiger partial charge is 0.292 e. The maximum Gasteiger partial charge on any atom is 0.292 e.